The number of rotatable bonds is 0. The molecular weight excluding hydrogens is 174 g/mol. The molecule has 0 aromatic heterocycles. The minimum absolute atomic E-state index is 0.131. The van der Waals surface area contributed by atoms with Gasteiger partial charge in [-0.15, -0.1) is 0 Å². The second-order valence-corrected chi connectivity index (χ2v) is 1.93. The van der Waals surface area contributed by atoms with Gasteiger partial charge in [-0.25, -0.2) is 22.4 Å². The van der Waals surface area contributed by atoms with Crippen molar-refractivity contribution in [1.29, 1.82) is 0 Å². The summed E-state index contributed by atoms with van der Waals surface area (Å²) in [5.74, 6) is -6.66. The van der Waals surface area contributed by atoms with Crippen LogP contribution >= 0.6 is 0 Å². The van der Waals surface area contributed by atoms with E-state index in [4.69, 9.17) is 6.57 Å². The van der Waals surface area contributed by atoms with Crippen molar-refractivity contribution in [3.63, 3.8) is 0 Å². The van der Waals surface area contributed by atoms with Gasteiger partial charge in [0, 0.05) is 6.07 Å². The molecule has 0 saturated carbocycles. The highest BCUT2D eigenvalue weighted by Crippen LogP contribution is 2.25. The van der Waals surface area contributed by atoms with Crippen LogP contribution in [0, 0.1) is 29.8 Å². The third-order valence-corrected chi connectivity index (χ3v) is 1.20. The molecule has 5 heteroatoms. The first-order valence-corrected chi connectivity index (χ1v) is 2.78. The topological polar surface area (TPSA) is 4.36 Å². The molecule has 0 aliphatic rings. The lowest BCUT2D eigenvalue weighted by molar-refractivity contribution is 0.439. The fraction of sp³-hybridized carbons (Fsp3) is 0. The summed E-state index contributed by atoms with van der Waals surface area (Å²) in [6, 6.07) is 0.131. The molecule has 1 nitrogen and oxygen atoms in total. The molecule has 1 rings (SSSR count). The fourth-order valence-electron chi connectivity index (χ4n) is 0.659. The van der Waals surface area contributed by atoms with E-state index in [2.05, 4.69) is 4.85 Å². The summed E-state index contributed by atoms with van der Waals surface area (Å²) in [5, 5.41) is 0. The van der Waals surface area contributed by atoms with E-state index in [-0.39, 0.29) is 6.07 Å². The normalized spacial score (nSPS) is 9.58. The lowest BCUT2D eigenvalue weighted by Gasteiger charge is -1.97. The molecule has 0 saturated heterocycles. The molecule has 0 fully saturated rings. The highest BCUT2D eigenvalue weighted by Gasteiger charge is 2.18. The maximum atomic E-state index is 12.5. The van der Waals surface area contributed by atoms with E-state index >= 15 is 0 Å². The summed E-state index contributed by atoms with van der Waals surface area (Å²) < 4.78 is 49.4. The first-order valence-electron chi connectivity index (χ1n) is 2.78. The molecular formula is C7HF4N. The maximum absolute atomic E-state index is 12.5. The van der Waals surface area contributed by atoms with Crippen molar-refractivity contribution in [3.05, 3.63) is 40.8 Å². The smallest absolute Gasteiger partial charge is 0.232 e. The Balaban J connectivity index is 3.54. The van der Waals surface area contributed by atoms with Gasteiger partial charge in [-0.3, -0.25) is 0 Å². The molecule has 62 valence electrons. The molecule has 0 amide bonds. The summed E-state index contributed by atoms with van der Waals surface area (Å²) >= 11 is 0. The Bertz CT molecular complexity index is 367. The van der Waals surface area contributed by atoms with E-state index in [1.165, 1.54) is 0 Å². The van der Waals surface area contributed by atoms with Crippen LogP contribution in [0.3, 0.4) is 0 Å². The van der Waals surface area contributed by atoms with Gasteiger partial charge in [-0.1, -0.05) is 0 Å². The van der Waals surface area contributed by atoms with Crippen molar-refractivity contribution >= 4 is 5.69 Å². The molecule has 1 aromatic carbocycles. The van der Waals surface area contributed by atoms with Gasteiger partial charge in [0.05, 0.1) is 6.57 Å². The number of hydrogen-bond donors (Lipinski definition) is 0. The SMILES string of the molecule is [C-]#[N+]c1c(F)cc(F)c(F)c1F. The number of hydrogen-bond acceptors (Lipinski definition) is 0. The number of nitrogens with zero attached hydrogens (tertiary/aromatic N) is 1. The first-order chi connectivity index (χ1) is 5.57. The summed E-state index contributed by atoms with van der Waals surface area (Å²) in [6.45, 7) is 6.25. The molecule has 12 heavy (non-hydrogen) atoms. The van der Waals surface area contributed by atoms with Gasteiger partial charge in [0.1, 0.15) is 5.82 Å². The standard InChI is InChI=1S/C7HF4N/c1-12-7-4(9)2-3(8)5(10)6(7)11/h2H. The molecule has 0 atom stereocenters. The molecule has 0 aliphatic heterocycles. The predicted octanol–water partition coefficient (Wildman–Crippen LogP) is 2.79. The van der Waals surface area contributed by atoms with Crippen LogP contribution in [-0.2, 0) is 0 Å². The van der Waals surface area contributed by atoms with Crippen molar-refractivity contribution in [3.8, 4) is 0 Å². The number of benzene rings is 1. The summed E-state index contributed by atoms with van der Waals surface area (Å²) in [6.07, 6.45) is 0. The number of halogens is 4. The second kappa shape index (κ2) is 2.81. The third kappa shape index (κ3) is 1.11. The van der Waals surface area contributed by atoms with Gasteiger partial charge in [-0.2, -0.15) is 0 Å². The minimum Gasteiger partial charge on any atom is -0.232 e. The van der Waals surface area contributed by atoms with Gasteiger partial charge in [0.2, 0.25) is 0 Å². The Morgan fingerprint density at radius 1 is 1.00 bits per heavy atom. The highest BCUT2D eigenvalue weighted by molar-refractivity contribution is 5.47. The van der Waals surface area contributed by atoms with Gasteiger partial charge in [-0.05, 0) is 0 Å². The third-order valence-electron chi connectivity index (χ3n) is 1.20. The highest BCUT2D eigenvalue weighted by atomic mass is 19.2. The Morgan fingerprint density at radius 3 is 2.08 bits per heavy atom. The average Bonchev–Trinajstić information content (AvgIpc) is 2.01. The predicted molar refractivity (Wildman–Crippen MR) is 32.5 cm³/mol. The zero-order chi connectivity index (χ0) is 9.30. The van der Waals surface area contributed by atoms with E-state index < -0.39 is 29.0 Å². The van der Waals surface area contributed by atoms with Gasteiger partial charge in [0.25, 0.3) is 5.69 Å². The van der Waals surface area contributed by atoms with E-state index in [0.29, 0.717) is 0 Å². The van der Waals surface area contributed by atoms with Crippen LogP contribution in [0.2, 0.25) is 0 Å². The maximum Gasteiger partial charge on any atom is 0.260 e. The van der Waals surface area contributed by atoms with Gasteiger partial charge in [0.15, 0.2) is 17.5 Å². The zero-order valence-electron chi connectivity index (χ0n) is 5.54. The first kappa shape index (κ1) is 8.53. The van der Waals surface area contributed by atoms with Gasteiger partial charge < -0.3 is 0 Å². The Hall–Kier alpha value is -1.57. The minimum atomic E-state index is -1.83. The van der Waals surface area contributed by atoms with Crippen LogP contribution in [0.15, 0.2) is 6.07 Å². The second-order valence-electron chi connectivity index (χ2n) is 1.93. The van der Waals surface area contributed by atoms with E-state index in [9.17, 15) is 17.6 Å². The molecule has 0 N–H and O–H groups in total. The quantitative estimate of drug-likeness (QED) is 0.247. The summed E-state index contributed by atoms with van der Waals surface area (Å²) in [4.78, 5) is 2.36. The van der Waals surface area contributed by atoms with Crippen LogP contribution in [0.1, 0.15) is 0 Å². The lowest BCUT2D eigenvalue weighted by atomic mass is 10.3. The van der Waals surface area contributed by atoms with Crippen LogP contribution < -0.4 is 0 Å². The van der Waals surface area contributed by atoms with Crippen molar-refractivity contribution in [2.24, 2.45) is 0 Å². The van der Waals surface area contributed by atoms with Crippen molar-refractivity contribution in [2.45, 2.75) is 0 Å². The molecule has 0 spiro atoms. The Kier molecular flexibility index (Phi) is 2.00. The van der Waals surface area contributed by atoms with E-state index in [1.54, 1.807) is 0 Å². The largest absolute Gasteiger partial charge is 0.260 e. The molecule has 1 aromatic rings. The average molecular weight is 175 g/mol. The molecule has 0 radical (unpaired) electrons. The molecule has 0 aliphatic carbocycles. The molecule has 0 unspecified atom stereocenters. The zero-order valence-corrected chi connectivity index (χ0v) is 5.54. The lowest BCUT2D eigenvalue weighted by Crippen LogP contribution is -1.92. The van der Waals surface area contributed by atoms with Crippen LogP contribution in [-0.4, -0.2) is 0 Å². The van der Waals surface area contributed by atoms with Crippen molar-refractivity contribution < 1.29 is 17.6 Å². The summed E-state index contributed by atoms with van der Waals surface area (Å²) in [5.41, 5.74) is -1.13. The van der Waals surface area contributed by atoms with Crippen LogP contribution in [0.5, 0.6) is 0 Å². The van der Waals surface area contributed by atoms with Crippen molar-refractivity contribution in [2.75, 3.05) is 0 Å². The summed E-state index contributed by atoms with van der Waals surface area (Å²) in [7, 11) is 0. The van der Waals surface area contributed by atoms with E-state index in [0.717, 1.165) is 0 Å². The van der Waals surface area contributed by atoms with Crippen LogP contribution in [0.4, 0.5) is 23.2 Å². The van der Waals surface area contributed by atoms with Gasteiger partial charge >= 0.3 is 0 Å². The molecule has 0 heterocycles. The van der Waals surface area contributed by atoms with Crippen molar-refractivity contribution in [1.82, 2.24) is 0 Å². The monoisotopic (exact) mass is 175 g/mol. The van der Waals surface area contributed by atoms with E-state index in [1.807, 2.05) is 0 Å². The molecule has 0 bridgehead atoms. The Morgan fingerprint density at radius 2 is 1.58 bits per heavy atom. The van der Waals surface area contributed by atoms with Crippen LogP contribution in [0.25, 0.3) is 4.85 Å². The Labute approximate surface area is 65.1 Å². The fourth-order valence-corrected chi connectivity index (χ4v) is 0.659.